The molecule has 2 amide bonds. The Morgan fingerprint density at radius 1 is 1.03 bits per heavy atom. The second-order valence-electron chi connectivity index (χ2n) is 6.66. The Morgan fingerprint density at radius 2 is 1.83 bits per heavy atom. The molecule has 1 aromatic carbocycles. The lowest BCUT2D eigenvalue weighted by Gasteiger charge is -2.27. The molecule has 0 saturated carbocycles. The Hall–Kier alpha value is -2.93. The van der Waals surface area contributed by atoms with Gasteiger partial charge in [-0.2, -0.15) is 0 Å². The van der Waals surface area contributed by atoms with E-state index in [-0.39, 0.29) is 30.7 Å². The molecule has 0 spiro atoms. The molecule has 5 nitrogen and oxygen atoms in total. The maximum absolute atomic E-state index is 13.2. The molecule has 0 N–H and O–H groups in total. The number of amides is 2. The van der Waals surface area contributed by atoms with Gasteiger partial charge in [0.05, 0.1) is 17.7 Å². The van der Waals surface area contributed by atoms with Crippen LogP contribution in [-0.2, 0) is 17.9 Å². The van der Waals surface area contributed by atoms with Crippen LogP contribution in [0.15, 0.2) is 64.6 Å². The van der Waals surface area contributed by atoms with E-state index in [1.165, 1.54) is 23.5 Å². The summed E-state index contributed by atoms with van der Waals surface area (Å²) in [5, 5.41) is 1.84. The van der Waals surface area contributed by atoms with Crippen LogP contribution in [0.25, 0.3) is 0 Å². The summed E-state index contributed by atoms with van der Waals surface area (Å²) in [6, 6.07) is 13.2. The van der Waals surface area contributed by atoms with Crippen molar-refractivity contribution in [3.05, 3.63) is 82.2 Å². The fourth-order valence-electron chi connectivity index (χ4n) is 2.97. The predicted octanol–water partition coefficient (Wildman–Crippen LogP) is 4.56. The van der Waals surface area contributed by atoms with Gasteiger partial charge in [0.2, 0.25) is 5.91 Å². The molecule has 0 aliphatic heterocycles. The van der Waals surface area contributed by atoms with Crippen LogP contribution in [0, 0.1) is 5.82 Å². The molecule has 2 heterocycles. The molecule has 3 aromatic rings. The number of hydrogen-bond donors (Lipinski definition) is 0. The average Bonchev–Trinajstić information content (AvgIpc) is 3.42. The SMILES string of the molecule is CCCN(CC(=O)N(Cc1ccc(F)cc1)Cc1ccco1)C(=O)c1cccs1. The average molecular weight is 415 g/mol. The van der Waals surface area contributed by atoms with E-state index in [4.69, 9.17) is 4.42 Å². The molecule has 0 atom stereocenters. The van der Waals surface area contributed by atoms with E-state index < -0.39 is 0 Å². The van der Waals surface area contributed by atoms with Gasteiger partial charge in [-0.3, -0.25) is 9.59 Å². The molecule has 7 heteroatoms. The fourth-order valence-corrected chi connectivity index (χ4v) is 3.67. The van der Waals surface area contributed by atoms with Crippen LogP contribution in [0.2, 0.25) is 0 Å². The lowest BCUT2D eigenvalue weighted by molar-refractivity contribution is -0.133. The maximum atomic E-state index is 13.2. The summed E-state index contributed by atoms with van der Waals surface area (Å²) in [5.41, 5.74) is 0.804. The largest absolute Gasteiger partial charge is 0.467 e. The zero-order chi connectivity index (χ0) is 20.6. The van der Waals surface area contributed by atoms with Gasteiger partial charge < -0.3 is 14.2 Å². The van der Waals surface area contributed by atoms with E-state index in [1.807, 2.05) is 18.4 Å². The second kappa shape index (κ2) is 10.0. The summed E-state index contributed by atoms with van der Waals surface area (Å²) < 4.78 is 18.6. The topological polar surface area (TPSA) is 53.8 Å². The highest BCUT2D eigenvalue weighted by molar-refractivity contribution is 7.12. The summed E-state index contributed by atoms with van der Waals surface area (Å²) in [4.78, 5) is 29.7. The first-order valence-corrected chi connectivity index (χ1v) is 10.3. The quantitative estimate of drug-likeness (QED) is 0.516. The summed E-state index contributed by atoms with van der Waals surface area (Å²) in [6.45, 7) is 3.02. The normalized spacial score (nSPS) is 10.7. The second-order valence-corrected chi connectivity index (χ2v) is 7.61. The first-order chi connectivity index (χ1) is 14.1. The van der Waals surface area contributed by atoms with E-state index in [1.54, 1.807) is 46.4 Å². The molecule has 0 fully saturated rings. The number of hydrogen-bond acceptors (Lipinski definition) is 4. The molecular formula is C22H23FN2O3S. The van der Waals surface area contributed by atoms with Crippen LogP contribution in [0.4, 0.5) is 4.39 Å². The fraction of sp³-hybridized carbons (Fsp3) is 0.273. The summed E-state index contributed by atoms with van der Waals surface area (Å²) >= 11 is 1.36. The van der Waals surface area contributed by atoms with E-state index >= 15 is 0 Å². The number of nitrogens with zero attached hydrogens (tertiary/aromatic N) is 2. The molecule has 2 aromatic heterocycles. The molecule has 0 unspecified atom stereocenters. The highest BCUT2D eigenvalue weighted by Gasteiger charge is 2.23. The highest BCUT2D eigenvalue weighted by atomic mass is 32.1. The van der Waals surface area contributed by atoms with Crippen molar-refractivity contribution in [1.29, 1.82) is 0 Å². The minimum absolute atomic E-state index is 0.0214. The van der Waals surface area contributed by atoms with Gasteiger partial charge in [0.25, 0.3) is 5.91 Å². The maximum Gasteiger partial charge on any atom is 0.264 e. The summed E-state index contributed by atoms with van der Waals surface area (Å²) in [6.07, 6.45) is 2.31. The number of halogens is 1. The number of rotatable bonds is 9. The molecule has 0 aliphatic rings. The van der Waals surface area contributed by atoms with Crippen LogP contribution in [0.5, 0.6) is 0 Å². The Bertz CT molecular complexity index is 908. The molecule has 0 saturated heterocycles. The lowest BCUT2D eigenvalue weighted by Crippen LogP contribution is -2.42. The smallest absolute Gasteiger partial charge is 0.264 e. The number of carbonyl (C=O) groups is 2. The number of benzene rings is 1. The van der Waals surface area contributed by atoms with E-state index in [2.05, 4.69) is 0 Å². The molecule has 0 radical (unpaired) electrons. The third-order valence-electron chi connectivity index (χ3n) is 4.41. The lowest BCUT2D eigenvalue weighted by atomic mass is 10.2. The molecule has 0 aliphatic carbocycles. The van der Waals surface area contributed by atoms with Crippen LogP contribution < -0.4 is 0 Å². The summed E-state index contributed by atoms with van der Waals surface area (Å²) in [7, 11) is 0. The van der Waals surface area contributed by atoms with Crippen LogP contribution >= 0.6 is 11.3 Å². The van der Waals surface area contributed by atoms with Crippen molar-refractivity contribution in [2.45, 2.75) is 26.4 Å². The van der Waals surface area contributed by atoms with E-state index in [0.717, 1.165) is 12.0 Å². The van der Waals surface area contributed by atoms with Crippen molar-refractivity contribution in [2.24, 2.45) is 0 Å². The third-order valence-corrected chi connectivity index (χ3v) is 5.26. The molecule has 0 bridgehead atoms. The van der Waals surface area contributed by atoms with Gasteiger partial charge in [-0.1, -0.05) is 25.1 Å². The Labute approximate surface area is 173 Å². The van der Waals surface area contributed by atoms with Gasteiger partial charge in [0.1, 0.15) is 18.1 Å². The minimum Gasteiger partial charge on any atom is -0.467 e. The Morgan fingerprint density at radius 3 is 2.45 bits per heavy atom. The zero-order valence-electron chi connectivity index (χ0n) is 16.2. The number of furan rings is 1. The first kappa shape index (κ1) is 20.8. The van der Waals surface area contributed by atoms with Crippen molar-refractivity contribution in [3.8, 4) is 0 Å². The van der Waals surface area contributed by atoms with Crippen molar-refractivity contribution in [2.75, 3.05) is 13.1 Å². The van der Waals surface area contributed by atoms with Crippen molar-refractivity contribution in [3.63, 3.8) is 0 Å². The van der Waals surface area contributed by atoms with Crippen molar-refractivity contribution < 1.29 is 18.4 Å². The first-order valence-electron chi connectivity index (χ1n) is 9.44. The molecule has 3 rings (SSSR count). The molecule has 29 heavy (non-hydrogen) atoms. The monoisotopic (exact) mass is 414 g/mol. The van der Waals surface area contributed by atoms with E-state index in [0.29, 0.717) is 23.7 Å². The van der Waals surface area contributed by atoms with Crippen LogP contribution in [0.3, 0.4) is 0 Å². The zero-order valence-corrected chi connectivity index (χ0v) is 17.0. The van der Waals surface area contributed by atoms with Gasteiger partial charge in [-0.25, -0.2) is 4.39 Å². The standard InChI is InChI=1S/C22H23FN2O3S/c1-2-11-24(22(27)20-6-4-13-29-20)16-21(26)25(15-19-5-3-12-28-19)14-17-7-9-18(23)10-8-17/h3-10,12-13H,2,11,14-16H2,1H3. The van der Waals surface area contributed by atoms with Crippen LogP contribution in [-0.4, -0.2) is 34.7 Å². The summed E-state index contributed by atoms with van der Waals surface area (Å²) in [5.74, 6) is -0.0144. The number of carbonyl (C=O) groups excluding carboxylic acids is 2. The van der Waals surface area contributed by atoms with Gasteiger partial charge in [-0.05, 0) is 47.7 Å². The van der Waals surface area contributed by atoms with Crippen molar-refractivity contribution in [1.82, 2.24) is 9.80 Å². The minimum atomic E-state index is -0.326. The van der Waals surface area contributed by atoms with Crippen LogP contribution in [0.1, 0.15) is 34.3 Å². The van der Waals surface area contributed by atoms with E-state index in [9.17, 15) is 14.0 Å². The Kier molecular flexibility index (Phi) is 7.19. The number of thiophene rings is 1. The predicted molar refractivity (Wildman–Crippen MR) is 110 cm³/mol. The Balaban J connectivity index is 1.76. The van der Waals surface area contributed by atoms with Gasteiger partial charge in [0.15, 0.2) is 0 Å². The highest BCUT2D eigenvalue weighted by Crippen LogP contribution is 2.15. The van der Waals surface area contributed by atoms with Gasteiger partial charge >= 0.3 is 0 Å². The molecule has 152 valence electrons. The van der Waals surface area contributed by atoms with Crippen molar-refractivity contribution >= 4 is 23.2 Å². The van der Waals surface area contributed by atoms with Gasteiger partial charge in [0, 0.05) is 13.1 Å². The van der Waals surface area contributed by atoms with Gasteiger partial charge in [-0.15, -0.1) is 11.3 Å². The molecular weight excluding hydrogens is 391 g/mol. The third kappa shape index (κ3) is 5.77.